The molecule has 1 heterocycles. The van der Waals surface area contributed by atoms with Gasteiger partial charge in [0.2, 0.25) is 6.33 Å². The number of nitro groups is 1. The standard InChI is InChI=1S/C6H7F2N3O3/c7-6(8,3-12)2-10-1-5(9-4-10)11(13)14/h1,4,12H,2-3H2. The maximum atomic E-state index is 12.6. The first-order chi connectivity index (χ1) is 6.44. The van der Waals surface area contributed by atoms with Gasteiger partial charge in [0.25, 0.3) is 5.92 Å². The molecule has 1 N–H and O–H groups in total. The van der Waals surface area contributed by atoms with Crippen LogP contribution in [0.5, 0.6) is 0 Å². The SMILES string of the molecule is O=[N+]([O-])c1cn(CC(F)(F)CO)cn1. The van der Waals surface area contributed by atoms with Gasteiger partial charge < -0.3 is 19.8 Å². The predicted molar refractivity (Wildman–Crippen MR) is 40.9 cm³/mol. The van der Waals surface area contributed by atoms with Gasteiger partial charge in [-0.05, 0) is 9.91 Å². The molecule has 0 aliphatic heterocycles. The van der Waals surface area contributed by atoms with Crippen LogP contribution in [0, 0.1) is 10.1 Å². The van der Waals surface area contributed by atoms with Gasteiger partial charge in [0.05, 0.1) is 6.54 Å². The first-order valence-electron chi connectivity index (χ1n) is 3.59. The van der Waals surface area contributed by atoms with Crippen LogP contribution in [0.15, 0.2) is 12.5 Å². The van der Waals surface area contributed by atoms with Crippen molar-refractivity contribution in [3.8, 4) is 0 Å². The molecule has 78 valence electrons. The Labute approximate surface area is 76.9 Å². The first kappa shape index (κ1) is 10.5. The van der Waals surface area contributed by atoms with Crippen molar-refractivity contribution in [2.75, 3.05) is 6.61 Å². The van der Waals surface area contributed by atoms with Crippen molar-refractivity contribution in [1.82, 2.24) is 9.55 Å². The molecular weight excluding hydrogens is 200 g/mol. The van der Waals surface area contributed by atoms with Crippen LogP contribution in [-0.2, 0) is 6.54 Å². The third kappa shape index (κ3) is 2.46. The van der Waals surface area contributed by atoms with Gasteiger partial charge in [0.15, 0.2) is 0 Å². The lowest BCUT2D eigenvalue weighted by atomic mass is 10.3. The fraction of sp³-hybridized carbons (Fsp3) is 0.500. The molecule has 0 unspecified atom stereocenters. The summed E-state index contributed by atoms with van der Waals surface area (Å²) in [5.41, 5.74) is 0. The third-order valence-electron chi connectivity index (χ3n) is 1.45. The zero-order chi connectivity index (χ0) is 10.8. The Kier molecular flexibility index (Phi) is 2.75. The lowest BCUT2D eigenvalue weighted by Gasteiger charge is -2.11. The number of alkyl halides is 2. The van der Waals surface area contributed by atoms with Crippen LogP contribution in [0.3, 0.4) is 0 Å². The van der Waals surface area contributed by atoms with Gasteiger partial charge in [-0.15, -0.1) is 0 Å². The van der Waals surface area contributed by atoms with Crippen LogP contribution in [0.25, 0.3) is 0 Å². The zero-order valence-corrected chi connectivity index (χ0v) is 6.93. The Morgan fingerprint density at radius 3 is 2.79 bits per heavy atom. The second-order valence-corrected chi connectivity index (χ2v) is 2.68. The molecule has 0 aliphatic rings. The summed E-state index contributed by atoms with van der Waals surface area (Å²) >= 11 is 0. The minimum absolute atomic E-state index is 0.501. The summed E-state index contributed by atoms with van der Waals surface area (Å²) < 4.78 is 26.0. The summed E-state index contributed by atoms with van der Waals surface area (Å²) in [6.45, 7) is -2.14. The smallest absolute Gasteiger partial charge is 0.381 e. The number of aliphatic hydroxyl groups excluding tert-OH is 1. The van der Waals surface area contributed by atoms with Crippen LogP contribution < -0.4 is 0 Å². The molecular formula is C6H7F2N3O3. The van der Waals surface area contributed by atoms with Crippen molar-refractivity contribution in [2.45, 2.75) is 12.5 Å². The average molecular weight is 207 g/mol. The molecule has 14 heavy (non-hydrogen) atoms. The number of halogens is 2. The molecule has 1 aromatic rings. The van der Waals surface area contributed by atoms with Crippen LogP contribution in [0.1, 0.15) is 0 Å². The van der Waals surface area contributed by atoms with Gasteiger partial charge in [0, 0.05) is 0 Å². The molecule has 0 radical (unpaired) electrons. The van der Waals surface area contributed by atoms with E-state index in [2.05, 4.69) is 4.98 Å². The van der Waals surface area contributed by atoms with E-state index in [1.165, 1.54) is 0 Å². The van der Waals surface area contributed by atoms with E-state index in [1.54, 1.807) is 0 Å². The van der Waals surface area contributed by atoms with E-state index in [9.17, 15) is 18.9 Å². The second kappa shape index (κ2) is 3.66. The Morgan fingerprint density at radius 2 is 2.36 bits per heavy atom. The molecule has 0 saturated heterocycles. The molecule has 8 heteroatoms. The highest BCUT2D eigenvalue weighted by atomic mass is 19.3. The third-order valence-corrected chi connectivity index (χ3v) is 1.45. The van der Waals surface area contributed by atoms with Crippen molar-refractivity contribution in [3.63, 3.8) is 0 Å². The number of nitrogens with zero attached hydrogens (tertiary/aromatic N) is 3. The lowest BCUT2D eigenvalue weighted by Crippen LogP contribution is -2.27. The van der Waals surface area contributed by atoms with Crippen molar-refractivity contribution in [2.24, 2.45) is 0 Å². The quantitative estimate of drug-likeness (QED) is 0.573. The monoisotopic (exact) mass is 207 g/mol. The fourth-order valence-electron chi connectivity index (χ4n) is 0.846. The van der Waals surface area contributed by atoms with Crippen molar-refractivity contribution in [3.05, 3.63) is 22.6 Å². The molecule has 0 fully saturated rings. The number of imidazole rings is 1. The van der Waals surface area contributed by atoms with Crippen LogP contribution in [0.2, 0.25) is 0 Å². The maximum absolute atomic E-state index is 12.6. The van der Waals surface area contributed by atoms with E-state index in [1.807, 2.05) is 0 Å². The molecule has 0 atom stereocenters. The molecule has 6 nitrogen and oxygen atoms in total. The molecule has 1 rings (SSSR count). The van der Waals surface area contributed by atoms with E-state index in [0.717, 1.165) is 17.1 Å². The molecule has 1 aromatic heterocycles. The van der Waals surface area contributed by atoms with Gasteiger partial charge in [-0.1, -0.05) is 0 Å². The summed E-state index contributed by atoms with van der Waals surface area (Å²) in [5.74, 6) is -3.80. The highest BCUT2D eigenvalue weighted by Gasteiger charge is 2.29. The fourth-order valence-corrected chi connectivity index (χ4v) is 0.846. The Balaban J connectivity index is 2.73. The number of hydrogen-bond acceptors (Lipinski definition) is 4. The summed E-state index contributed by atoms with van der Waals surface area (Å²) in [6, 6.07) is 0. The van der Waals surface area contributed by atoms with E-state index < -0.39 is 29.8 Å². The Hall–Kier alpha value is -1.57. The predicted octanol–water partition coefficient (Wildman–Crippen LogP) is 0.419. The summed E-state index contributed by atoms with van der Waals surface area (Å²) in [6.07, 6.45) is 1.80. The van der Waals surface area contributed by atoms with E-state index >= 15 is 0 Å². The highest BCUT2D eigenvalue weighted by Crippen LogP contribution is 2.16. The van der Waals surface area contributed by atoms with E-state index in [4.69, 9.17) is 5.11 Å². The number of aromatic nitrogens is 2. The number of hydrogen-bond donors (Lipinski definition) is 1. The second-order valence-electron chi connectivity index (χ2n) is 2.68. The Morgan fingerprint density at radius 1 is 1.71 bits per heavy atom. The van der Waals surface area contributed by atoms with Gasteiger partial charge in [0.1, 0.15) is 12.8 Å². The maximum Gasteiger partial charge on any atom is 0.381 e. The summed E-state index contributed by atoms with van der Waals surface area (Å²) in [5, 5.41) is 18.4. The largest absolute Gasteiger partial charge is 0.390 e. The van der Waals surface area contributed by atoms with Crippen LogP contribution in [0.4, 0.5) is 14.6 Å². The summed E-state index contributed by atoms with van der Waals surface area (Å²) in [4.78, 5) is 12.6. The zero-order valence-electron chi connectivity index (χ0n) is 6.93. The van der Waals surface area contributed by atoms with Crippen LogP contribution in [-0.4, -0.2) is 32.1 Å². The van der Waals surface area contributed by atoms with E-state index in [0.29, 0.717) is 0 Å². The van der Waals surface area contributed by atoms with E-state index in [-0.39, 0.29) is 0 Å². The Bertz CT molecular complexity index is 339. The van der Waals surface area contributed by atoms with Gasteiger partial charge >= 0.3 is 5.82 Å². The number of rotatable bonds is 4. The minimum Gasteiger partial charge on any atom is -0.390 e. The highest BCUT2D eigenvalue weighted by molar-refractivity contribution is 5.12. The summed E-state index contributed by atoms with van der Waals surface area (Å²) in [7, 11) is 0. The number of aliphatic hydroxyl groups is 1. The van der Waals surface area contributed by atoms with Gasteiger partial charge in [-0.3, -0.25) is 0 Å². The molecule has 0 amide bonds. The molecule has 0 bridgehead atoms. The average Bonchev–Trinajstić information content (AvgIpc) is 2.52. The normalized spacial score (nSPS) is 11.6. The molecule has 0 aliphatic carbocycles. The van der Waals surface area contributed by atoms with Crippen LogP contribution >= 0.6 is 0 Å². The van der Waals surface area contributed by atoms with Crippen molar-refractivity contribution >= 4 is 5.82 Å². The van der Waals surface area contributed by atoms with Crippen molar-refractivity contribution < 1.29 is 18.8 Å². The first-order valence-corrected chi connectivity index (χ1v) is 3.59. The molecule has 0 aromatic carbocycles. The molecule has 0 spiro atoms. The molecule has 0 saturated carbocycles. The van der Waals surface area contributed by atoms with Gasteiger partial charge in [-0.25, -0.2) is 8.78 Å². The van der Waals surface area contributed by atoms with Crippen molar-refractivity contribution in [1.29, 1.82) is 0 Å². The topological polar surface area (TPSA) is 81.2 Å². The lowest BCUT2D eigenvalue weighted by molar-refractivity contribution is -0.389. The van der Waals surface area contributed by atoms with Gasteiger partial charge in [-0.2, -0.15) is 0 Å². The minimum atomic E-state index is -3.30.